The zero-order valence-corrected chi connectivity index (χ0v) is 11.8. The second-order valence-corrected chi connectivity index (χ2v) is 5.01. The van der Waals surface area contributed by atoms with Gasteiger partial charge in [-0.15, -0.1) is 0 Å². The zero-order chi connectivity index (χ0) is 12.6. The molecule has 0 fully saturated rings. The molecule has 6 heteroatoms. The molecule has 90 valence electrons. The van der Waals surface area contributed by atoms with Crippen LogP contribution in [0.4, 0.5) is 0 Å². The SMILES string of the molecule is COCc1cc(Cl)c2c(Cl)c(Cl)cc(Cl)c2n1. The molecule has 0 atom stereocenters. The summed E-state index contributed by atoms with van der Waals surface area (Å²) in [4.78, 5) is 4.34. The number of halogens is 4. The molecule has 0 amide bonds. The number of hydrogen-bond donors (Lipinski definition) is 0. The third kappa shape index (κ3) is 2.47. The van der Waals surface area contributed by atoms with Gasteiger partial charge in [0.05, 0.1) is 37.9 Å². The maximum absolute atomic E-state index is 6.15. The van der Waals surface area contributed by atoms with Gasteiger partial charge in [-0.3, -0.25) is 0 Å². The van der Waals surface area contributed by atoms with Gasteiger partial charge < -0.3 is 4.74 Å². The third-order valence-corrected chi connectivity index (χ3v) is 3.60. The van der Waals surface area contributed by atoms with E-state index in [-0.39, 0.29) is 0 Å². The van der Waals surface area contributed by atoms with E-state index in [2.05, 4.69) is 4.98 Å². The second kappa shape index (κ2) is 5.17. The molecule has 2 aromatic rings. The fourth-order valence-corrected chi connectivity index (χ4v) is 2.64. The molecule has 0 aliphatic carbocycles. The number of rotatable bonds is 2. The van der Waals surface area contributed by atoms with Crippen LogP contribution >= 0.6 is 46.4 Å². The normalized spacial score (nSPS) is 11.1. The van der Waals surface area contributed by atoms with Gasteiger partial charge in [0.25, 0.3) is 0 Å². The lowest BCUT2D eigenvalue weighted by atomic mass is 10.2. The Morgan fingerprint density at radius 2 is 1.76 bits per heavy atom. The monoisotopic (exact) mass is 309 g/mol. The number of fused-ring (bicyclic) bond motifs is 1. The van der Waals surface area contributed by atoms with Gasteiger partial charge in [-0.05, 0) is 12.1 Å². The number of methoxy groups -OCH3 is 1. The van der Waals surface area contributed by atoms with E-state index in [9.17, 15) is 0 Å². The number of aromatic nitrogens is 1. The minimum absolute atomic E-state index is 0.353. The van der Waals surface area contributed by atoms with Gasteiger partial charge in [-0.1, -0.05) is 46.4 Å². The van der Waals surface area contributed by atoms with Gasteiger partial charge in [0.1, 0.15) is 0 Å². The topological polar surface area (TPSA) is 22.1 Å². The Labute approximate surface area is 118 Å². The molecule has 0 unspecified atom stereocenters. The van der Waals surface area contributed by atoms with Crippen LogP contribution in [0.3, 0.4) is 0 Å². The molecule has 0 aliphatic heterocycles. The fraction of sp³-hybridized carbons (Fsp3) is 0.182. The van der Waals surface area contributed by atoms with Crippen molar-refractivity contribution in [3.8, 4) is 0 Å². The number of nitrogens with zero attached hydrogens (tertiary/aromatic N) is 1. The highest BCUT2D eigenvalue weighted by molar-refractivity contribution is 6.50. The summed E-state index contributed by atoms with van der Waals surface area (Å²) in [5.74, 6) is 0. The molecule has 0 radical (unpaired) electrons. The van der Waals surface area contributed by atoms with E-state index in [1.165, 1.54) is 0 Å². The molecule has 1 aromatic heterocycles. The molecule has 0 saturated heterocycles. The number of hydrogen-bond acceptors (Lipinski definition) is 2. The average molecular weight is 311 g/mol. The smallest absolute Gasteiger partial charge is 0.0923 e. The molecule has 0 spiro atoms. The van der Waals surface area contributed by atoms with Crippen LogP contribution < -0.4 is 0 Å². The Hall–Kier alpha value is -0.250. The van der Waals surface area contributed by atoms with Crippen LogP contribution in [0.2, 0.25) is 20.1 Å². The second-order valence-electron chi connectivity index (χ2n) is 3.41. The number of ether oxygens (including phenoxy) is 1. The first kappa shape index (κ1) is 13.2. The summed E-state index contributed by atoms with van der Waals surface area (Å²) in [5.41, 5.74) is 1.21. The van der Waals surface area contributed by atoms with Crippen molar-refractivity contribution < 1.29 is 4.74 Å². The molecule has 0 saturated carbocycles. The van der Waals surface area contributed by atoms with Crippen molar-refractivity contribution >= 4 is 57.3 Å². The van der Waals surface area contributed by atoms with Gasteiger partial charge in [-0.2, -0.15) is 0 Å². The minimum atomic E-state index is 0.353. The zero-order valence-electron chi connectivity index (χ0n) is 8.73. The molecule has 2 rings (SSSR count). The highest BCUT2D eigenvalue weighted by Crippen LogP contribution is 2.38. The predicted molar refractivity (Wildman–Crippen MR) is 72.5 cm³/mol. The van der Waals surface area contributed by atoms with Crippen molar-refractivity contribution in [1.29, 1.82) is 0 Å². The van der Waals surface area contributed by atoms with Crippen LogP contribution in [0.25, 0.3) is 10.9 Å². The highest BCUT2D eigenvalue weighted by Gasteiger charge is 2.14. The molecule has 1 aromatic carbocycles. The van der Waals surface area contributed by atoms with Gasteiger partial charge in [-0.25, -0.2) is 4.98 Å². The summed E-state index contributed by atoms with van der Waals surface area (Å²) in [6, 6.07) is 3.24. The summed E-state index contributed by atoms with van der Waals surface area (Å²) in [5, 5.41) is 2.14. The summed E-state index contributed by atoms with van der Waals surface area (Å²) in [6.45, 7) is 0.353. The molecular formula is C11H7Cl4NO. The Bertz CT molecular complexity index is 585. The minimum Gasteiger partial charge on any atom is -0.378 e. The maximum atomic E-state index is 6.15. The van der Waals surface area contributed by atoms with E-state index in [4.69, 9.17) is 51.1 Å². The van der Waals surface area contributed by atoms with Crippen LogP contribution in [0, 0.1) is 0 Å². The fourth-order valence-electron chi connectivity index (χ4n) is 1.53. The molecule has 0 aliphatic rings. The van der Waals surface area contributed by atoms with Gasteiger partial charge in [0, 0.05) is 12.5 Å². The van der Waals surface area contributed by atoms with Gasteiger partial charge >= 0.3 is 0 Å². The third-order valence-electron chi connectivity index (χ3n) is 2.23. The first-order valence-electron chi connectivity index (χ1n) is 4.66. The molecule has 1 heterocycles. The van der Waals surface area contributed by atoms with Gasteiger partial charge in [0.2, 0.25) is 0 Å². The Kier molecular flexibility index (Phi) is 4.01. The van der Waals surface area contributed by atoms with E-state index in [0.29, 0.717) is 43.3 Å². The summed E-state index contributed by atoms with van der Waals surface area (Å²) in [7, 11) is 1.58. The average Bonchev–Trinajstić information content (AvgIpc) is 2.26. The molecule has 0 N–H and O–H groups in total. The van der Waals surface area contributed by atoms with Crippen molar-refractivity contribution in [2.75, 3.05) is 7.11 Å². The Morgan fingerprint density at radius 1 is 1.06 bits per heavy atom. The van der Waals surface area contributed by atoms with Crippen LogP contribution in [0.1, 0.15) is 5.69 Å². The first-order valence-corrected chi connectivity index (χ1v) is 6.17. The van der Waals surface area contributed by atoms with Crippen molar-refractivity contribution in [3.05, 3.63) is 37.9 Å². The van der Waals surface area contributed by atoms with Crippen LogP contribution in [-0.4, -0.2) is 12.1 Å². The van der Waals surface area contributed by atoms with E-state index >= 15 is 0 Å². The van der Waals surface area contributed by atoms with Crippen molar-refractivity contribution in [2.24, 2.45) is 0 Å². The standard InChI is InChI=1S/C11H7Cl4NO/c1-17-4-5-2-6(12)9-10(15)7(13)3-8(14)11(9)16-5/h2-3H,4H2,1H3. The van der Waals surface area contributed by atoms with Crippen molar-refractivity contribution in [2.45, 2.75) is 6.61 Å². The number of benzene rings is 1. The summed E-state index contributed by atoms with van der Waals surface area (Å²) < 4.78 is 5.00. The molecular weight excluding hydrogens is 304 g/mol. The van der Waals surface area contributed by atoms with E-state index in [1.54, 1.807) is 19.2 Å². The van der Waals surface area contributed by atoms with E-state index in [1.807, 2.05) is 0 Å². The van der Waals surface area contributed by atoms with Crippen molar-refractivity contribution in [1.82, 2.24) is 4.98 Å². The lowest BCUT2D eigenvalue weighted by Gasteiger charge is -2.09. The lowest BCUT2D eigenvalue weighted by Crippen LogP contribution is -1.94. The van der Waals surface area contributed by atoms with E-state index in [0.717, 1.165) is 0 Å². The quantitative estimate of drug-likeness (QED) is 0.729. The summed E-state index contributed by atoms with van der Waals surface area (Å²) >= 11 is 24.2. The van der Waals surface area contributed by atoms with Crippen LogP contribution in [0.5, 0.6) is 0 Å². The van der Waals surface area contributed by atoms with E-state index < -0.39 is 0 Å². The molecule has 2 nitrogen and oxygen atoms in total. The predicted octanol–water partition coefficient (Wildman–Crippen LogP) is 4.99. The van der Waals surface area contributed by atoms with Crippen LogP contribution in [0.15, 0.2) is 12.1 Å². The largest absolute Gasteiger partial charge is 0.378 e. The Morgan fingerprint density at radius 3 is 2.41 bits per heavy atom. The lowest BCUT2D eigenvalue weighted by molar-refractivity contribution is 0.182. The summed E-state index contributed by atoms with van der Waals surface area (Å²) in [6.07, 6.45) is 0. The number of pyridine rings is 1. The molecule has 0 bridgehead atoms. The molecule has 17 heavy (non-hydrogen) atoms. The van der Waals surface area contributed by atoms with Crippen LogP contribution in [-0.2, 0) is 11.3 Å². The first-order chi connectivity index (χ1) is 8.04. The van der Waals surface area contributed by atoms with Crippen molar-refractivity contribution in [3.63, 3.8) is 0 Å². The van der Waals surface area contributed by atoms with Gasteiger partial charge in [0.15, 0.2) is 0 Å². The Balaban J connectivity index is 2.81. The maximum Gasteiger partial charge on any atom is 0.0923 e. The highest BCUT2D eigenvalue weighted by atomic mass is 35.5.